The molecule has 5 nitrogen and oxygen atoms in total. The smallest absolute Gasteiger partial charge is 0.318 e. The van der Waals surface area contributed by atoms with Gasteiger partial charge in [0, 0.05) is 6.54 Å². The highest BCUT2D eigenvalue weighted by Gasteiger charge is 2.29. The van der Waals surface area contributed by atoms with Crippen molar-refractivity contribution in [3.05, 3.63) is 48.6 Å². The lowest BCUT2D eigenvalue weighted by Crippen LogP contribution is -2.53. The molecule has 0 bridgehead atoms. The molecule has 2 rings (SSSR count). The zero-order valence-corrected chi connectivity index (χ0v) is 13.6. The summed E-state index contributed by atoms with van der Waals surface area (Å²) >= 11 is 0. The van der Waals surface area contributed by atoms with E-state index < -0.39 is 0 Å². The van der Waals surface area contributed by atoms with E-state index in [9.17, 15) is 9.90 Å². The molecule has 2 amide bonds. The number of benzene rings is 1. The third kappa shape index (κ3) is 5.08. The van der Waals surface area contributed by atoms with Gasteiger partial charge < -0.3 is 20.1 Å². The molecule has 0 spiro atoms. The third-order valence-electron chi connectivity index (χ3n) is 3.98. The summed E-state index contributed by atoms with van der Waals surface area (Å²) in [5.41, 5.74) is 1.09. The minimum atomic E-state index is -0.312. The SMILES string of the molecule is C=CCC[C@H](NC(=O)N1C[C@@H](CO)O[C@H](C)C1)c1ccccc1. The maximum absolute atomic E-state index is 12.6. The van der Waals surface area contributed by atoms with Gasteiger partial charge in [0.1, 0.15) is 0 Å². The van der Waals surface area contributed by atoms with Gasteiger partial charge in [-0.1, -0.05) is 36.4 Å². The van der Waals surface area contributed by atoms with Gasteiger partial charge in [-0.25, -0.2) is 4.79 Å². The number of carbonyl (C=O) groups excluding carboxylic acids is 1. The average Bonchev–Trinajstić information content (AvgIpc) is 2.58. The molecule has 0 saturated carbocycles. The Hall–Kier alpha value is -1.85. The fraction of sp³-hybridized carbons (Fsp3) is 0.500. The van der Waals surface area contributed by atoms with Crippen LogP contribution in [0.2, 0.25) is 0 Å². The molecule has 0 radical (unpaired) electrons. The van der Waals surface area contributed by atoms with Crippen molar-refractivity contribution in [2.45, 2.75) is 38.0 Å². The Morgan fingerprint density at radius 2 is 2.22 bits per heavy atom. The van der Waals surface area contributed by atoms with Crippen molar-refractivity contribution in [1.82, 2.24) is 10.2 Å². The Labute approximate surface area is 137 Å². The molecule has 1 fully saturated rings. The number of morpholine rings is 1. The molecule has 5 heteroatoms. The van der Waals surface area contributed by atoms with Crippen molar-refractivity contribution in [1.29, 1.82) is 0 Å². The van der Waals surface area contributed by atoms with E-state index >= 15 is 0 Å². The van der Waals surface area contributed by atoms with E-state index in [1.54, 1.807) is 4.90 Å². The Balaban J connectivity index is 2.03. The molecule has 1 aromatic carbocycles. The molecule has 1 aliphatic heterocycles. The molecule has 2 N–H and O–H groups in total. The van der Waals surface area contributed by atoms with E-state index in [1.165, 1.54) is 0 Å². The second-order valence-corrected chi connectivity index (χ2v) is 5.94. The summed E-state index contributed by atoms with van der Waals surface area (Å²) < 4.78 is 5.59. The summed E-state index contributed by atoms with van der Waals surface area (Å²) in [4.78, 5) is 14.3. The molecule has 0 aliphatic carbocycles. The van der Waals surface area contributed by atoms with Crippen LogP contribution >= 0.6 is 0 Å². The molecule has 1 aromatic rings. The highest BCUT2D eigenvalue weighted by molar-refractivity contribution is 5.75. The topological polar surface area (TPSA) is 61.8 Å². The van der Waals surface area contributed by atoms with Gasteiger partial charge in [-0.15, -0.1) is 6.58 Å². The molecule has 1 saturated heterocycles. The van der Waals surface area contributed by atoms with Gasteiger partial charge in [-0.2, -0.15) is 0 Å². The predicted molar refractivity (Wildman–Crippen MR) is 90.1 cm³/mol. The molecule has 0 aromatic heterocycles. The first-order chi connectivity index (χ1) is 11.1. The van der Waals surface area contributed by atoms with Crippen molar-refractivity contribution in [2.24, 2.45) is 0 Å². The highest BCUT2D eigenvalue weighted by atomic mass is 16.5. The van der Waals surface area contributed by atoms with Crippen LogP contribution in [0.3, 0.4) is 0 Å². The molecular weight excluding hydrogens is 292 g/mol. The van der Waals surface area contributed by atoms with Gasteiger partial charge in [-0.05, 0) is 25.3 Å². The Morgan fingerprint density at radius 1 is 1.48 bits per heavy atom. The number of carbonyl (C=O) groups is 1. The van der Waals surface area contributed by atoms with E-state index in [-0.39, 0.29) is 30.9 Å². The number of rotatable bonds is 6. The number of aliphatic hydroxyl groups is 1. The lowest BCUT2D eigenvalue weighted by molar-refractivity contribution is -0.0835. The zero-order chi connectivity index (χ0) is 16.7. The molecule has 1 heterocycles. The van der Waals surface area contributed by atoms with Gasteiger partial charge in [0.15, 0.2) is 0 Å². The van der Waals surface area contributed by atoms with E-state index in [0.717, 1.165) is 18.4 Å². The number of amides is 2. The van der Waals surface area contributed by atoms with Gasteiger partial charge in [-0.3, -0.25) is 0 Å². The van der Waals surface area contributed by atoms with Crippen molar-refractivity contribution >= 4 is 6.03 Å². The zero-order valence-electron chi connectivity index (χ0n) is 13.6. The van der Waals surface area contributed by atoms with Crippen LogP contribution in [-0.2, 0) is 4.74 Å². The predicted octanol–water partition coefficient (Wildman–Crippen LogP) is 2.49. The maximum atomic E-state index is 12.6. The van der Waals surface area contributed by atoms with Gasteiger partial charge in [0.25, 0.3) is 0 Å². The van der Waals surface area contributed by atoms with Crippen molar-refractivity contribution < 1.29 is 14.6 Å². The van der Waals surface area contributed by atoms with Crippen LogP contribution in [0.15, 0.2) is 43.0 Å². The lowest BCUT2D eigenvalue weighted by Gasteiger charge is -2.36. The summed E-state index contributed by atoms with van der Waals surface area (Å²) in [6.07, 6.45) is 3.12. The Kier molecular flexibility index (Phi) is 6.62. The van der Waals surface area contributed by atoms with Gasteiger partial charge in [0.05, 0.1) is 31.4 Å². The summed E-state index contributed by atoms with van der Waals surface area (Å²) in [5.74, 6) is 0. The van der Waals surface area contributed by atoms with Crippen LogP contribution in [0.5, 0.6) is 0 Å². The minimum Gasteiger partial charge on any atom is -0.394 e. The van der Waals surface area contributed by atoms with Crippen LogP contribution in [0.4, 0.5) is 4.79 Å². The largest absolute Gasteiger partial charge is 0.394 e. The monoisotopic (exact) mass is 318 g/mol. The normalized spacial score (nSPS) is 22.4. The van der Waals surface area contributed by atoms with E-state index in [4.69, 9.17) is 4.74 Å². The molecule has 3 atom stereocenters. The summed E-state index contributed by atoms with van der Waals surface area (Å²) in [6.45, 7) is 6.54. The van der Waals surface area contributed by atoms with E-state index in [2.05, 4.69) is 11.9 Å². The molecule has 23 heavy (non-hydrogen) atoms. The first-order valence-electron chi connectivity index (χ1n) is 8.11. The second-order valence-electron chi connectivity index (χ2n) is 5.94. The maximum Gasteiger partial charge on any atom is 0.318 e. The van der Waals surface area contributed by atoms with Crippen LogP contribution in [0.25, 0.3) is 0 Å². The third-order valence-corrected chi connectivity index (χ3v) is 3.98. The molecule has 1 aliphatic rings. The standard InChI is InChI=1S/C18H26N2O3/c1-3-4-10-17(15-8-6-5-7-9-15)19-18(22)20-11-14(2)23-16(12-20)13-21/h3,5-9,14,16-17,21H,1,4,10-13H2,2H3,(H,19,22)/t14-,16+,17+/m1/s1. The highest BCUT2D eigenvalue weighted by Crippen LogP contribution is 2.20. The van der Waals surface area contributed by atoms with Crippen LogP contribution in [-0.4, -0.2) is 47.9 Å². The summed E-state index contributed by atoms with van der Waals surface area (Å²) in [7, 11) is 0. The lowest BCUT2D eigenvalue weighted by atomic mass is 10.0. The van der Waals surface area contributed by atoms with E-state index in [1.807, 2.05) is 43.3 Å². The number of nitrogens with one attached hydrogen (secondary N) is 1. The number of hydrogen-bond donors (Lipinski definition) is 2. The van der Waals surface area contributed by atoms with Crippen LogP contribution < -0.4 is 5.32 Å². The minimum absolute atomic E-state index is 0.0487. The molecule has 0 unspecified atom stereocenters. The fourth-order valence-electron chi connectivity index (χ4n) is 2.84. The van der Waals surface area contributed by atoms with Crippen LogP contribution in [0.1, 0.15) is 31.4 Å². The Morgan fingerprint density at radius 3 is 2.87 bits per heavy atom. The second kappa shape index (κ2) is 8.70. The fourth-order valence-corrected chi connectivity index (χ4v) is 2.84. The summed E-state index contributed by atoms with van der Waals surface area (Å²) in [5, 5.41) is 12.4. The number of aliphatic hydroxyl groups excluding tert-OH is 1. The number of hydrogen-bond acceptors (Lipinski definition) is 3. The molecular formula is C18H26N2O3. The van der Waals surface area contributed by atoms with Crippen LogP contribution in [0, 0.1) is 0 Å². The number of ether oxygens (including phenoxy) is 1. The van der Waals surface area contributed by atoms with Gasteiger partial charge >= 0.3 is 6.03 Å². The Bertz CT molecular complexity index is 506. The van der Waals surface area contributed by atoms with Gasteiger partial charge in [0.2, 0.25) is 0 Å². The first-order valence-corrected chi connectivity index (χ1v) is 8.11. The summed E-state index contributed by atoms with van der Waals surface area (Å²) in [6, 6.07) is 9.79. The molecule has 126 valence electrons. The van der Waals surface area contributed by atoms with E-state index in [0.29, 0.717) is 13.1 Å². The average molecular weight is 318 g/mol. The number of nitrogens with zero attached hydrogens (tertiary/aromatic N) is 1. The first kappa shape index (κ1) is 17.5. The van der Waals surface area contributed by atoms with Crippen molar-refractivity contribution in [3.8, 4) is 0 Å². The number of allylic oxidation sites excluding steroid dienone is 1. The quantitative estimate of drug-likeness (QED) is 0.792. The number of urea groups is 1. The van der Waals surface area contributed by atoms with Crippen molar-refractivity contribution in [2.75, 3.05) is 19.7 Å². The van der Waals surface area contributed by atoms with Crippen molar-refractivity contribution in [3.63, 3.8) is 0 Å².